The molecule has 0 bridgehead atoms. The second-order valence-electron chi connectivity index (χ2n) is 7.04. The van der Waals surface area contributed by atoms with Crippen molar-refractivity contribution < 1.29 is 4.79 Å². The molecule has 2 aromatic carbocycles. The molecule has 0 aliphatic rings. The van der Waals surface area contributed by atoms with E-state index in [1.165, 1.54) is 18.2 Å². The number of carbonyl (C=O) groups is 1. The van der Waals surface area contributed by atoms with Crippen molar-refractivity contribution in [1.29, 1.82) is 0 Å². The topological polar surface area (TPSA) is 33.2 Å². The van der Waals surface area contributed by atoms with Crippen molar-refractivity contribution in [1.82, 2.24) is 4.98 Å². The number of aromatic nitrogens is 1. The predicted molar refractivity (Wildman–Crippen MR) is 126 cm³/mol. The van der Waals surface area contributed by atoms with Gasteiger partial charge in [0, 0.05) is 33.5 Å². The van der Waals surface area contributed by atoms with Gasteiger partial charge in [-0.2, -0.15) is 0 Å². The van der Waals surface area contributed by atoms with Crippen LogP contribution in [0.15, 0.2) is 60.7 Å². The molecule has 0 N–H and O–H groups in total. The van der Waals surface area contributed by atoms with Crippen LogP contribution < -0.4 is 4.90 Å². The Morgan fingerprint density at radius 1 is 1.07 bits per heavy atom. The van der Waals surface area contributed by atoms with Crippen LogP contribution in [0.5, 0.6) is 0 Å². The van der Waals surface area contributed by atoms with Gasteiger partial charge in [0.15, 0.2) is 0 Å². The van der Waals surface area contributed by atoms with Crippen LogP contribution in [0.3, 0.4) is 0 Å². The maximum absolute atomic E-state index is 12.7. The summed E-state index contributed by atoms with van der Waals surface area (Å²) in [4.78, 5) is 19.6. The van der Waals surface area contributed by atoms with Gasteiger partial charge in [-0.15, -0.1) is 0 Å². The number of rotatable bonds is 8. The fourth-order valence-electron chi connectivity index (χ4n) is 3.47. The number of benzene rings is 2. The number of anilines is 1. The molecule has 0 saturated carbocycles. The number of amides is 1. The molecule has 1 amide bonds. The number of alkyl halides is 1. The van der Waals surface area contributed by atoms with Crippen LogP contribution in [0.1, 0.15) is 44.5 Å². The van der Waals surface area contributed by atoms with E-state index in [4.69, 9.17) is 4.98 Å². The standard InChI is InChI=1S/C24H27IN2O/c1-3-10-19(25)16-20-15-18-11-8-9-14-22(18)23(26-20)17-27(24(28)4-2)21-12-6-5-7-13-21/h5-9,11-15,19H,3-4,10,16-17H2,1-2H3. The molecule has 3 nitrogen and oxygen atoms in total. The number of fused-ring (bicyclic) bond motifs is 1. The molecule has 1 unspecified atom stereocenters. The highest BCUT2D eigenvalue weighted by Crippen LogP contribution is 2.25. The second-order valence-corrected chi connectivity index (χ2v) is 8.80. The molecule has 0 saturated heterocycles. The highest BCUT2D eigenvalue weighted by Gasteiger charge is 2.18. The van der Waals surface area contributed by atoms with E-state index >= 15 is 0 Å². The molecule has 3 aromatic rings. The second kappa shape index (κ2) is 10.0. The first-order chi connectivity index (χ1) is 13.6. The lowest BCUT2D eigenvalue weighted by Gasteiger charge is -2.23. The maximum Gasteiger partial charge on any atom is 0.227 e. The highest BCUT2D eigenvalue weighted by molar-refractivity contribution is 14.1. The Labute approximate surface area is 181 Å². The van der Waals surface area contributed by atoms with Gasteiger partial charge in [-0.05, 0) is 30.0 Å². The summed E-state index contributed by atoms with van der Waals surface area (Å²) in [5.41, 5.74) is 3.00. The molecule has 0 radical (unpaired) electrons. The largest absolute Gasteiger partial charge is 0.306 e. The molecule has 0 spiro atoms. The van der Waals surface area contributed by atoms with Crippen molar-refractivity contribution in [2.75, 3.05) is 4.90 Å². The van der Waals surface area contributed by atoms with Gasteiger partial charge in [0.2, 0.25) is 5.91 Å². The number of pyridine rings is 1. The molecule has 4 heteroatoms. The number of nitrogens with zero attached hydrogens (tertiary/aromatic N) is 2. The highest BCUT2D eigenvalue weighted by atomic mass is 127. The summed E-state index contributed by atoms with van der Waals surface area (Å²) >= 11 is 2.53. The Balaban J connectivity index is 2.00. The molecular formula is C24H27IN2O. The van der Waals surface area contributed by atoms with E-state index in [-0.39, 0.29) is 5.91 Å². The van der Waals surface area contributed by atoms with Gasteiger partial charge >= 0.3 is 0 Å². The lowest BCUT2D eigenvalue weighted by atomic mass is 10.0. The minimum Gasteiger partial charge on any atom is -0.306 e. The van der Waals surface area contributed by atoms with Crippen molar-refractivity contribution in [2.24, 2.45) is 0 Å². The molecule has 0 aliphatic heterocycles. The normalized spacial score (nSPS) is 12.1. The third-order valence-electron chi connectivity index (χ3n) is 4.88. The van der Waals surface area contributed by atoms with Gasteiger partial charge in [0.25, 0.3) is 0 Å². The van der Waals surface area contributed by atoms with E-state index in [1.54, 1.807) is 0 Å². The van der Waals surface area contributed by atoms with E-state index in [9.17, 15) is 4.79 Å². The van der Waals surface area contributed by atoms with Crippen molar-refractivity contribution in [3.05, 3.63) is 72.1 Å². The first-order valence-corrected chi connectivity index (χ1v) is 11.2. The quantitative estimate of drug-likeness (QED) is 0.276. The summed E-state index contributed by atoms with van der Waals surface area (Å²) in [5, 5.41) is 2.32. The molecule has 1 atom stereocenters. The van der Waals surface area contributed by atoms with Gasteiger partial charge in [0.05, 0.1) is 12.2 Å². The Morgan fingerprint density at radius 3 is 2.50 bits per heavy atom. The Kier molecular flexibility index (Phi) is 7.43. The van der Waals surface area contributed by atoms with Crippen molar-refractivity contribution in [3.8, 4) is 0 Å². The smallest absolute Gasteiger partial charge is 0.227 e. The first-order valence-electron chi connectivity index (χ1n) is 9.99. The fourth-order valence-corrected chi connectivity index (χ4v) is 4.54. The first kappa shape index (κ1) is 20.8. The summed E-state index contributed by atoms with van der Waals surface area (Å²) in [6.07, 6.45) is 3.80. The zero-order chi connectivity index (χ0) is 19.9. The van der Waals surface area contributed by atoms with Crippen LogP contribution in [0.4, 0.5) is 5.69 Å². The lowest BCUT2D eigenvalue weighted by Crippen LogP contribution is -2.30. The average Bonchev–Trinajstić information content (AvgIpc) is 2.72. The number of para-hydroxylation sites is 1. The molecule has 146 valence electrons. The van der Waals surface area contributed by atoms with Gasteiger partial charge < -0.3 is 4.90 Å². The third kappa shape index (κ3) is 5.10. The van der Waals surface area contributed by atoms with Gasteiger partial charge in [-0.25, -0.2) is 0 Å². The Morgan fingerprint density at radius 2 is 1.79 bits per heavy atom. The lowest BCUT2D eigenvalue weighted by molar-refractivity contribution is -0.118. The van der Waals surface area contributed by atoms with Crippen LogP contribution in [-0.2, 0) is 17.8 Å². The van der Waals surface area contributed by atoms with Crippen molar-refractivity contribution in [3.63, 3.8) is 0 Å². The zero-order valence-electron chi connectivity index (χ0n) is 16.6. The SMILES string of the molecule is CCCC(I)Cc1cc2ccccc2c(CN(C(=O)CC)c2ccccc2)n1. The van der Waals surface area contributed by atoms with Crippen molar-refractivity contribution in [2.45, 2.75) is 50.0 Å². The summed E-state index contributed by atoms with van der Waals surface area (Å²) in [7, 11) is 0. The molecular weight excluding hydrogens is 459 g/mol. The van der Waals surface area contributed by atoms with E-state index in [2.05, 4.69) is 53.8 Å². The summed E-state index contributed by atoms with van der Waals surface area (Å²) in [6, 6.07) is 20.4. The third-order valence-corrected chi connectivity index (χ3v) is 5.95. The number of halogens is 1. The monoisotopic (exact) mass is 486 g/mol. The Bertz CT molecular complexity index is 926. The van der Waals surface area contributed by atoms with Gasteiger partial charge in [-0.3, -0.25) is 9.78 Å². The molecule has 3 rings (SSSR count). The van der Waals surface area contributed by atoms with Crippen LogP contribution in [0.2, 0.25) is 0 Å². The van der Waals surface area contributed by atoms with E-state index in [0.29, 0.717) is 16.9 Å². The molecule has 1 heterocycles. The molecule has 0 aliphatic carbocycles. The molecule has 28 heavy (non-hydrogen) atoms. The van der Waals surface area contributed by atoms with E-state index < -0.39 is 0 Å². The molecule has 0 fully saturated rings. The van der Waals surface area contributed by atoms with Crippen LogP contribution in [0.25, 0.3) is 10.8 Å². The van der Waals surface area contributed by atoms with Crippen molar-refractivity contribution >= 4 is 45.0 Å². The van der Waals surface area contributed by atoms with Crippen LogP contribution >= 0.6 is 22.6 Å². The molecule has 1 aromatic heterocycles. The number of carbonyl (C=O) groups excluding carboxylic acids is 1. The van der Waals surface area contributed by atoms with Gasteiger partial charge in [0.1, 0.15) is 0 Å². The Hall–Kier alpha value is -1.95. The van der Waals surface area contributed by atoms with E-state index in [1.807, 2.05) is 48.2 Å². The number of hydrogen-bond donors (Lipinski definition) is 0. The summed E-state index contributed by atoms with van der Waals surface area (Å²) in [5.74, 6) is 0.111. The minimum absolute atomic E-state index is 0.111. The summed E-state index contributed by atoms with van der Waals surface area (Å²) < 4.78 is 0.576. The maximum atomic E-state index is 12.7. The zero-order valence-corrected chi connectivity index (χ0v) is 18.7. The summed E-state index contributed by atoms with van der Waals surface area (Å²) in [6.45, 7) is 4.62. The predicted octanol–water partition coefficient (Wildman–Crippen LogP) is 6.32. The minimum atomic E-state index is 0.111. The number of hydrogen-bond acceptors (Lipinski definition) is 2. The average molecular weight is 486 g/mol. The fraction of sp³-hybridized carbons (Fsp3) is 0.333. The van der Waals surface area contributed by atoms with Crippen LogP contribution in [-0.4, -0.2) is 14.8 Å². The van der Waals surface area contributed by atoms with Crippen LogP contribution in [0, 0.1) is 0 Å². The van der Waals surface area contributed by atoms with E-state index in [0.717, 1.165) is 28.9 Å². The van der Waals surface area contributed by atoms with Gasteiger partial charge in [-0.1, -0.05) is 85.3 Å².